The van der Waals surface area contributed by atoms with Crippen molar-refractivity contribution in [2.45, 2.75) is 45.0 Å². The molecule has 0 aliphatic rings. The van der Waals surface area contributed by atoms with E-state index in [9.17, 15) is 0 Å². The van der Waals surface area contributed by atoms with Crippen LogP contribution in [0, 0.1) is 0 Å². The van der Waals surface area contributed by atoms with Gasteiger partial charge in [-0.25, -0.2) is 0 Å². The molecule has 0 spiro atoms. The van der Waals surface area contributed by atoms with Gasteiger partial charge in [0, 0.05) is 6.42 Å². The van der Waals surface area contributed by atoms with Crippen molar-refractivity contribution in [2.75, 3.05) is 12.9 Å². The first-order valence-electron chi connectivity index (χ1n) is 5.79. The molecule has 2 heteroatoms. The van der Waals surface area contributed by atoms with Crippen LogP contribution in [0.15, 0.2) is 24.3 Å². The molecular formula is C13H24OS. The van der Waals surface area contributed by atoms with E-state index in [1.54, 1.807) is 11.8 Å². The second-order valence-electron chi connectivity index (χ2n) is 3.32. The van der Waals surface area contributed by atoms with E-state index in [2.05, 4.69) is 44.4 Å². The Kier molecular flexibility index (Phi) is 11.7. The molecule has 15 heavy (non-hydrogen) atoms. The second-order valence-corrected chi connectivity index (χ2v) is 4.32. The predicted molar refractivity (Wildman–Crippen MR) is 71.4 cm³/mol. The zero-order valence-electron chi connectivity index (χ0n) is 10.2. The van der Waals surface area contributed by atoms with E-state index >= 15 is 0 Å². The number of hydrogen-bond donors (Lipinski definition) is 0. The molecule has 0 saturated carbocycles. The summed E-state index contributed by atoms with van der Waals surface area (Å²) in [5, 5.41) is 0. The topological polar surface area (TPSA) is 9.23 Å². The predicted octanol–water partition coefficient (Wildman–Crippen LogP) is 4.40. The molecule has 0 fully saturated rings. The SMILES string of the molecule is CCC=CCCOC(CC=CCC)SC. The highest BCUT2D eigenvalue weighted by Gasteiger charge is 2.03. The maximum Gasteiger partial charge on any atom is 0.106 e. The van der Waals surface area contributed by atoms with Crippen LogP contribution in [0.3, 0.4) is 0 Å². The minimum Gasteiger partial charge on any atom is -0.367 e. The lowest BCUT2D eigenvalue weighted by Crippen LogP contribution is -2.07. The number of allylic oxidation sites excluding steroid dienone is 2. The van der Waals surface area contributed by atoms with Gasteiger partial charge in [0.15, 0.2) is 0 Å². The summed E-state index contributed by atoms with van der Waals surface area (Å²) < 4.78 is 5.74. The van der Waals surface area contributed by atoms with Gasteiger partial charge in [-0.15, -0.1) is 11.8 Å². The quantitative estimate of drug-likeness (QED) is 0.328. The summed E-state index contributed by atoms with van der Waals surface area (Å²) >= 11 is 1.79. The van der Waals surface area contributed by atoms with Crippen molar-refractivity contribution < 1.29 is 4.74 Å². The molecule has 1 unspecified atom stereocenters. The average Bonchev–Trinajstić information content (AvgIpc) is 2.26. The van der Waals surface area contributed by atoms with Crippen LogP contribution < -0.4 is 0 Å². The lowest BCUT2D eigenvalue weighted by atomic mass is 10.3. The van der Waals surface area contributed by atoms with Gasteiger partial charge in [-0.3, -0.25) is 0 Å². The largest absolute Gasteiger partial charge is 0.367 e. The Bertz CT molecular complexity index is 175. The van der Waals surface area contributed by atoms with Gasteiger partial charge in [-0.1, -0.05) is 38.2 Å². The minimum atomic E-state index is 0.322. The van der Waals surface area contributed by atoms with Gasteiger partial charge in [-0.05, 0) is 25.5 Å². The first kappa shape index (κ1) is 14.8. The van der Waals surface area contributed by atoms with E-state index in [-0.39, 0.29) is 0 Å². The average molecular weight is 228 g/mol. The number of thioether (sulfide) groups is 1. The van der Waals surface area contributed by atoms with Crippen molar-refractivity contribution in [2.24, 2.45) is 0 Å². The van der Waals surface area contributed by atoms with Crippen LogP contribution in [0.25, 0.3) is 0 Å². The van der Waals surface area contributed by atoms with Crippen LogP contribution >= 0.6 is 11.8 Å². The molecule has 0 aliphatic heterocycles. The Balaban J connectivity index is 3.52. The monoisotopic (exact) mass is 228 g/mol. The fraction of sp³-hybridized carbons (Fsp3) is 0.692. The summed E-state index contributed by atoms with van der Waals surface area (Å²) in [7, 11) is 0. The molecule has 88 valence electrons. The zero-order chi connectivity index (χ0) is 11.4. The van der Waals surface area contributed by atoms with Crippen LogP contribution in [0.5, 0.6) is 0 Å². The summed E-state index contributed by atoms with van der Waals surface area (Å²) in [5.74, 6) is 0. The fourth-order valence-corrected chi connectivity index (χ4v) is 1.69. The van der Waals surface area contributed by atoms with Crippen LogP contribution in [0.1, 0.15) is 39.5 Å². The molecular weight excluding hydrogens is 204 g/mol. The van der Waals surface area contributed by atoms with Gasteiger partial charge in [-0.2, -0.15) is 0 Å². The molecule has 0 saturated heterocycles. The molecule has 0 radical (unpaired) electrons. The van der Waals surface area contributed by atoms with E-state index < -0.39 is 0 Å². The molecule has 0 aromatic carbocycles. The van der Waals surface area contributed by atoms with Crippen molar-refractivity contribution in [3.63, 3.8) is 0 Å². The van der Waals surface area contributed by atoms with E-state index in [1.807, 2.05) is 0 Å². The van der Waals surface area contributed by atoms with Crippen molar-refractivity contribution >= 4 is 11.8 Å². The van der Waals surface area contributed by atoms with E-state index in [0.29, 0.717) is 5.44 Å². The highest BCUT2D eigenvalue weighted by atomic mass is 32.2. The Hall–Kier alpha value is -0.210. The van der Waals surface area contributed by atoms with Gasteiger partial charge in [0.1, 0.15) is 5.44 Å². The summed E-state index contributed by atoms with van der Waals surface area (Å²) in [4.78, 5) is 0. The standard InChI is InChI=1S/C13H24OS/c1-4-6-8-10-12-14-13(15-3)11-9-7-5-2/h6-9,13H,4-5,10-12H2,1-3H3. The van der Waals surface area contributed by atoms with Crippen molar-refractivity contribution in [1.29, 1.82) is 0 Å². The molecule has 0 aliphatic carbocycles. The lowest BCUT2D eigenvalue weighted by molar-refractivity contribution is 0.119. The van der Waals surface area contributed by atoms with Gasteiger partial charge in [0.05, 0.1) is 6.61 Å². The van der Waals surface area contributed by atoms with Gasteiger partial charge < -0.3 is 4.74 Å². The first-order valence-corrected chi connectivity index (χ1v) is 7.08. The first-order chi connectivity index (χ1) is 7.35. The third kappa shape index (κ3) is 10.1. The maximum atomic E-state index is 5.74. The minimum absolute atomic E-state index is 0.322. The van der Waals surface area contributed by atoms with E-state index in [4.69, 9.17) is 4.74 Å². The van der Waals surface area contributed by atoms with Gasteiger partial charge in [0.2, 0.25) is 0 Å². The highest BCUT2D eigenvalue weighted by Crippen LogP contribution is 2.13. The molecule has 1 nitrogen and oxygen atoms in total. The van der Waals surface area contributed by atoms with Gasteiger partial charge in [0.25, 0.3) is 0 Å². The summed E-state index contributed by atoms with van der Waals surface area (Å²) in [6, 6.07) is 0. The third-order valence-electron chi connectivity index (χ3n) is 1.98. The number of rotatable bonds is 9. The zero-order valence-corrected chi connectivity index (χ0v) is 11.1. The lowest BCUT2D eigenvalue weighted by Gasteiger charge is -2.12. The summed E-state index contributed by atoms with van der Waals surface area (Å²) in [6.07, 6.45) is 15.2. The Morgan fingerprint density at radius 2 is 1.73 bits per heavy atom. The van der Waals surface area contributed by atoms with Crippen LogP contribution in [0.2, 0.25) is 0 Å². The molecule has 0 heterocycles. The van der Waals surface area contributed by atoms with E-state index in [1.165, 1.54) is 0 Å². The summed E-state index contributed by atoms with van der Waals surface area (Å²) in [5.41, 5.74) is 0.322. The molecule has 0 aromatic rings. The van der Waals surface area contributed by atoms with E-state index in [0.717, 1.165) is 32.3 Å². The van der Waals surface area contributed by atoms with Crippen molar-refractivity contribution in [3.05, 3.63) is 24.3 Å². The smallest absolute Gasteiger partial charge is 0.106 e. The normalized spacial score (nSPS) is 14.1. The number of hydrogen-bond acceptors (Lipinski definition) is 2. The Labute approximate surface area is 99.0 Å². The molecule has 1 atom stereocenters. The highest BCUT2D eigenvalue weighted by molar-refractivity contribution is 7.99. The molecule has 0 bridgehead atoms. The number of ether oxygens (including phenoxy) is 1. The molecule has 0 rings (SSSR count). The fourth-order valence-electron chi connectivity index (χ4n) is 1.16. The maximum absolute atomic E-state index is 5.74. The van der Waals surface area contributed by atoms with Crippen molar-refractivity contribution in [3.8, 4) is 0 Å². The van der Waals surface area contributed by atoms with Crippen LogP contribution in [-0.4, -0.2) is 18.3 Å². The van der Waals surface area contributed by atoms with Crippen LogP contribution in [-0.2, 0) is 4.74 Å². The molecule has 0 amide bonds. The second kappa shape index (κ2) is 11.9. The Morgan fingerprint density at radius 1 is 1.07 bits per heavy atom. The van der Waals surface area contributed by atoms with Crippen molar-refractivity contribution in [1.82, 2.24) is 0 Å². The summed E-state index contributed by atoms with van der Waals surface area (Å²) in [6.45, 7) is 5.14. The van der Waals surface area contributed by atoms with Gasteiger partial charge >= 0.3 is 0 Å². The van der Waals surface area contributed by atoms with Crippen LogP contribution in [0.4, 0.5) is 0 Å². The third-order valence-corrected chi connectivity index (χ3v) is 2.84. The molecule has 0 aromatic heterocycles. The molecule has 0 N–H and O–H groups in total. The Morgan fingerprint density at radius 3 is 2.33 bits per heavy atom.